The molecule has 0 aliphatic rings. The smallest absolute Gasteiger partial charge is 0.455 e. The summed E-state index contributed by atoms with van der Waals surface area (Å²) in [5.41, 5.74) is 1.17. The van der Waals surface area contributed by atoms with Crippen molar-refractivity contribution in [2.45, 2.75) is 170 Å². The van der Waals surface area contributed by atoms with E-state index in [-0.39, 0.29) is 40.7 Å². The molecule has 0 aliphatic heterocycles. The van der Waals surface area contributed by atoms with Crippen molar-refractivity contribution >= 4 is 212 Å². The van der Waals surface area contributed by atoms with Crippen molar-refractivity contribution in [3.05, 3.63) is 32.5 Å². The van der Waals surface area contributed by atoms with Crippen molar-refractivity contribution in [3.8, 4) is 0 Å². The molecule has 0 aliphatic carbocycles. The molecule has 0 saturated carbocycles. The van der Waals surface area contributed by atoms with Crippen LogP contribution in [0.1, 0.15) is 172 Å². The van der Waals surface area contributed by atoms with Crippen LogP contribution in [0.15, 0.2) is 0 Å². The lowest BCUT2D eigenvalue weighted by molar-refractivity contribution is -0.156. The second-order valence-corrected chi connectivity index (χ2v) is 24.2. The van der Waals surface area contributed by atoms with Crippen LogP contribution in [0.3, 0.4) is 0 Å². The lowest BCUT2D eigenvalue weighted by atomic mass is 10.0. The molecule has 0 heterocycles. The van der Waals surface area contributed by atoms with Gasteiger partial charge in [-0.1, -0.05) is 96.8 Å². The predicted octanol–water partition coefficient (Wildman–Crippen LogP) is 13.4. The molecular weight excluding hydrogens is 1690 g/mol. The maximum absolute atomic E-state index is 13.7. The van der Waals surface area contributed by atoms with Crippen molar-refractivity contribution in [1.82, 2.24) is 0 Å². The van der Waals surface area contributed by atoms with Gasteiger partial charge in [0, 0.05) is 62.1 Å². The number of nitrogens with one attached hydrogen (secondary N) is 2. The number of benzene rings is 2. The Morgan fingerprint density at radius 1 is 0.455 bits per heavy atom. The van der Waals surface area contributed by atoms with Crippen LogP contribution in [0.25, 0.3) is 0 Å². The average Bonchev–Trinajstić information content (AvgIpc) is 3.33. The maximum atomic E-state index is 13.7. The van der Waals surface area contributed by atoms with Crippen LogP contribution in [0.2, 0.25) is 0 Å². The van der Waals surface area contributed by atoms with E-state index in [1.165, 1.54) is 130 Å². The van der Waals surface area contributed by atoms with Crippen LogP contribution in [-0.2, 0) is 57.1 Å². The van der Waals surface area contributed by atoms with E-state index in [0.717, 1.165) is 25.7 Å². The summed E-state index contributed by atoms with van der Waals surface area (Å²) >= 11 is 11.5. The monoisotopic (exact) mass is 1750 g/mol. The number of esters is 3. The zero-order valence-electron chi connectivity index (χ0n) is 44.7. The molecular formula is C51H68I6N4O16. The van der Waals surface area contributed by atoms with Gasteiger partial charge in [-0.15, -0.1) is 0 Å². The maximum Gasteiger partial charge on any atom is 0.511 e. The van der Waals surface area contributed by atoms with Crippen molar-refractivity contribution in [2.24, 2.45) is 0 Å². The summed E-state index contributed by atoms with van der Waals surface area (Å²) in [5, 5.41) is 5.39. The third kappa shape index (κ3) is 24.3. The minimum absolute atomic E-state index is 0.0152. The Labute approximate surface area is 532 Å². The van der Waals surface area contributed by atoms with Gasteiger partial charge in [0.2, 0.25) is 36.2 Å². The number of halogens is 6. The molecule has 2 rings (SSSR count). The highest BCUT2D eigenvalue weighted by atomic mass is 127. The van der Waals surface area contributed by atoms with Gasteiger partial charge in [-0.25, -0.2) is 19.2 Å². The van der Waals surface area contributed by atoms with Crippen molar-refractivity contribution in [2.75, 3.05) is 47.7 Å². The zero-order chi connectivity index (χ0) is 58.1. The molecule has 2 unspecified atom stereocenters. The molecule has 0 fully saturated rings. The van der Waals surface area contributed by atoms with Gasteiger partial charge in [-0.3, -0.25) is 24.0 Å². The molecule has 0 radical (unpaired) electrons. The normalized spacial score (nSPS) is 12.0. The molecule has 2 aromatic carbocycles. The van der Waals surface area contributed by atoms with E-state index in [1.807, 2.05) is 136 Å². The van der Waals surface area contributed by atoms with E-state index in [0.29, 0.717) is 39.2 Å². The quantitative estimate of drug-likeness (QED) is 0.0234. The first-order valence-corrected chi connectivity index (χ1v) is 31.4. The van der Waals surface area contributed by atoms with E-state index in [4.69, 9.17) is 33.2 Å². The third-order valence-corrected chi connectivity index (χ3v) is 17.7. The van der Waals surface area contributed by atoms with E-state index in [9.17, 15) is 43.2 Å². The number of unbranched alkanes of at least 4 members (excludes halogenated alkanes) is 14. The second kappa shape index (κ2) is 36.9. The van der Waals surface area contributed by atoms with Gasteiger partial charge in [0.25, 0.3) is 0 Å². The van der Waals surface area contributed by atoms with Gasteiger partial charge < -0.3 is 53.6 Å². The molecule has 0 spiro atoms. The van der Waals surface area contributed by atoms with E-state index < -0.39 is 73.9 Å². The van der Waals surface area contributed by atoms with E-state index in [1.54, 1.807) is 0 Å². The van der Waals surface area contributed by atoms with Gasteiger partial charge in [0.15, 0.2) is 6.10 Å². The summed E-state index contributed by atoms with van der Waals surface area (Å²) < 4.78 is 39.6. The highest BCUT2D eigenvalue weighted by molar-refractivity contribution is 14.1. The van der Waals surface area contributed by atoms with Crippen LogP contribution in [0.4, 0.5) is 32.3 Å². The number of hydrogen-bond donors (Lipinski definition) is 2. The Balaban J connectivity index is 2.16. The number of carbonyl (C=O) groups excluding carboxylic acids is 9. The highest BCUT2D eigenvalue weighted by Gasteiger charge is 2.33. The van der Waals surface area contributed by atoms with E-state index >= 15 is 0 Å². The molecule has 2 aromatic rings. The summed E-state index contributed by atoms with van der Waals surface area (Å²) in [5.74, 6) is -4.13. The Morgan fingerprint density at radius 2 is 0.779 bits per heavy atom. The largest absolute Gasteiger partial charge is 0.511 e. The van der Waals surface area contributed by atoms with Gasteiger partial charge in [-0.05, 0) is 142 Å². The van der Waals surface area contributed by atoms with Crippen molar-refractivity contribution in [3.63, 3.8) is 0 Å². The summed E-state index contributed by atoms with van der Waals surface area (Å²) in [7, 11) is 3.02. The third-order valence-electron chi connectivity index (χ3n) is 11.3. The Morgan fingerprint density at radius 3 is 1.09 bits per heavy atom. The number of ether oxygens (including phenoxy) is 7. The van der Waals surface area contributed by atoms with Crippen LogP contribution >= 0.6 is 136 Å². The number of rotatable bonds is 31. The standard InChI is InChI=1S/C51H68I6N4O16/c1-10-11-12-13-14-15-16-17-18-19-20-21-22-23-24-25-35(66)77-34(26-71-50(69)75-32(6)73-48(67)36-38(52)44(58-28(2)62)42(56)46(40(36)54)60(8)30(4)64)27-72-51(70)76-33(7)74-49(68)37-39(53)45(59-29(3)63)43(57)47(41(37)55)61(9)31(5)65/h32-34H,10-27H2,1-9H3,(H,58,62)(H,59,63). The summed E-state index contributed by atoms with van der Waals surface area (Å²) in [4.78, 5) is 118. The minimum atomic E-state index is -1.55. The molecule has 2 N–H and O–H groups in total. The number of carbonyl (C=O) groups is 9. The van der Waals surface area contributed by atoms with Crippen LogP contribution in [0.5, 0.6) is 0 Å². The fraction of sp³-hybridized carbons (Fsp3) is 0.588. The van der Waals surface area contributed by atoms with Crippen LogP contribution in [-0.4, -0.2) is 99.8 Å². The summed E-state index contributed by atoms with van der Waals surface area (Å²) in [6, 6.07) is 0. The van der Waals surface area contributed by atoms with E-state index in [2.05, 4.69) is 17.6 Å². The molecule has 0 bridgehead atoms. The molecule has 0 saturated heterocycles. The summed E-state index contributed by atoms with van der Waals surface area (Å²) in [6.45, 7) is 8.59. The first kappa shape index (κ1) is 70.8. The lowest BCUT2D eigenvalue weighted by Crippen LogP contribution is -2.33. The number of amides is 4. The molecule has 2 atom stereocenters. The Bertz CT molecular complexity index is 2290. The van der Waals surface area contributed by atoms with Crippen LogP contribution in [0, 0.1) is 21.4 Å². The number of hydrogen-bond acceptors (Lipinski definition) is 16. The number of nitrogens with zero attached hydrogens (tertiary/aromatic N) is 2. The SMILES string of the molecule is CCCCCCCCCCCCCCCCCC(=O)OC(COC(=O)OC(C)OC(=O)c1c(I)c(NC(C)=O)c(I)c(N(C)C(C)=O)c1I)COC(=O)OC(C)OC(=O)c1c(I)c(NC(C)=O)c(I)c(N(C)C(C)=O)c1I. The Hall–Kier alpha value is -2.35. The first-order chi connectivity index (χ1) is 36.2. The topological polar surface area (TPSA) is 249 Å². The first-order valence-electron chi connectivity index (χ1n) is 25.0. The fourth-order valence-corrected chi connectivity index (χ4v) is 16.5. The zero-order valence-corrected chi connectivity index (χ0v) is 57.6. The second-order valence-electron chi connectivity index (χ2n) is 17.7. The lowest BCUT2D eigenvalue weighted by Gasteiger charge is -2.25. The molecule has 26 heteroatoms. The molecule has 20 nitrogen and oxygen atoms in total. The van der Waals surface area contributed by atoms with Crippen molar-refractivity contribution in [1.29, 1.82) is 0 Å². The molecule has 4 amide bonds. The number of anilines is 4. The molecule has 77 heavy (non-hydrogen) atoms. The van der Waals surface area contributed by atoms with Gasteiger partial charge in [0.05, 0.1) is 55.3 Å². The predicted molar refractivity (Wildman–Crippen MR) is 340 cm³/mol. The minimum Gasteiger partial charge on any atom is -0.455 e. The highest BCUT2D eigenvalue weighted by Crippen LogP contribution is 2.42. The van der Waals surface area contributed by atoms with Crippen molar-refractivity contribution < 1.29 is 76.3 Å². The van der Waals surface area contributed by atoms with Gasteiger partial charge in [0.1, 0.15) is 13.2 Å². The average molecular weight is 1750 g/mol. The fourth-order valence-electron chi connectivity index (χ4n) is 7.27. The molecule has 0 aromatic heterocycles. The summed E-state index contributed by atoms with van der Waals surface area (Å²) in [6.07, 6.45) is 9.99. The van der Waals surface area contributed by atoms with Gasteiger partial charge in [-0.2, -0.15) is 0 Å². The van der Waals surface area contributed by atoms with Gasteiger partial charge >= 0.3 is 30.2 Å². The van der Waals surface area contributed by atoms with Crippen LogP contribution < -0.4 is 20.4 Å². The molecule has 430 valence electrons. The Kier molecular flexibility index (Phi) is 33.9.